The normalized spacial score (nSPS) is 10.5. The molecule has 2 aromatic rings. The Morgan fingerprint density at radius 2 is 1.95 bits per heavy atom. The summed E-state index contributed by atoms with van der Waals surface area (Å²) in [5, 5.41) is 0.767. The van der Waals surface area contributed by atoms with Crippen LogP contribution < -0.4 is 10.6 Å². The van der Waals surface area contributed by atoms with Gasteiger partial charge in [0.05, 0.1) is 5.69 Å². The van der Waals surface area contributed by atoms with Gasteiger partial charge in [-0.05, 0) is 51.3 Å². The second-order valence-corrected chi connectivity index (χ2v) is 5.77. The average Bonchev–Trinajstić information content (AvgIpc) is 2.38. The molecule has 0 aromatic heterocycles. The maximum absolute atomic E-state index is 6.00. The Hall–Kier alpha value is -1.03. The molecule has 0 unspecified atom stereocenters. The quantitative estimate of drug-likeness (QED) is 0.904. The zero-order valence-corrected chi connectivity index (χ0v) is 13.1. The molecule has 100 valence electrons. The number of rotatable bonds is 4. The van der Waals surface area contributed by atoms with E-state index in [1.54, 1.807) is 0 Å². The van der Waals surface area contributed by atoms with Crippen molar-refractivity contribution in [1.29, 1.82) is 0 Å². The van der Waals surface area contributed by atoms with Crippen LogP contribution in [-0.2, 0) is 13.1 Å². The molecule has 0 bridgehead atoms. The minimum absolute atomic E-state index is 0.552. The number of nitrogens with zero attached hydrogens (tertiary/aromatic N) is 1. The molecule has 2 rings (SSSR count). The highest BCUT2D eigenvalue weighted by Crippen LogP contribution is 2.27. The van der Waals surface area contributed by atoms with Crippen molar-refractivity contribution in [3.05, 3.63) is 63.1 Å². The predicted octanol–water partition coefficient (Wildman–Crippen LogP) is 4.20. The van der Waals surface area contributed by atoms with Crippen molar-refractivity contribution in [2.24, 2.45) is 5.73 Å². The van der Waals surface area contributed by atoms with E-state index in [0.717, 1.165) is 27.3 Å². The van der Waals surface area contributed by atoms with Crippen LogP contribution in [0.5, 0.6) is 0 Å². The smallest absolute Gasteiger partial charge is 0.0511 e. The molecule has 0 heterocycles. The van der Waals surface area contributed by atoms with E-state index in [1.807, 2.05) is 18.2 Å². The van der Waals surface area contributed by atoms with Crippen molar-refractivity contribution in [3.63, 3.8) is 0 Å². The van der Waals surface area contributed by atoms with Gasteiger partial charge in [0, 0.05) is 29.6 Å². The summed E-state index contributed by atoms with van der Waals surface area (Å²) in [6.45, 7) is 1.36. The van der Waals surface area contributed by atoms with E-state index in [1.165, 1.54) is 5.56 Å². The third kappa shape index (κ3) is 3.72. The fourth-order valence-electron chi connectivity index (χ4n) is 1.98. The second kappa shape index (κ2) is 6.42. The van der Waals surface area contributed by atoms with Crippen LogP contribution in [0.3, 0.4) is 0 Å². The van der Waals surface area contributed by atoms with Gasteiger partial charge in [0.2, 0.25) is 0 Å². The fourth-order valence-corrected chi connectivity index (χ4v) is 2.92. The molecule has 0 aliphatic carbocycles. The molecule has 0 fully saturated rings. The minimum Gasteiger partial charge on any atom is -0.369 e. The van der Waals surface area contributed by atoms with Gasteiger partial charge in [0.1, 0.15) is 0 Å². The number of hydrogen-bond donors (Lipinski definition) is 1. The molecular formula is C15H16BrClN2. The highest BCUT2D eigenvalue weighted by Gasteiger charge is 2.07. The first-order valence-corrected chi connectivity index (χ1v) is 7.21. The number of nitrogens with two attached hydrogens (primary N) is 1. The van der Waals surface area contributed by atoms with Gasteiger partial charge < -0.3 is 10.6 Å². The summed E-state index contributed by atoms with van der Waals surface area (Å²) >= 11 is 9.60. The lowest BCUT2D eigenvalue weighted by Crippen LogP contribution is -2.17. The molecule has 2 aromatic carbocycles. The van der Waals surface area contributed by atoms with E-state index in [4.69, 9.17) is 17.3 Å². The van der Waals surface area contributed by atoms with Crippen LogP contribution in [-0.4, -0.2) is 7.05 Å². The summed E-state index contributed by atoms with van der Waals surface area (Å²) in [7, 11) is 2.06. The van der Waals surface area contributed by atoms with Gasteiger partial charge in [0.15, 0.2) is 0 Å². The van der Waals surface area contributed by atoms with Crippen molar-refractivity contribution in [3.8, 4) is 0 Å². The molecule has 2 nitrogen and oxygen atoms in total. The standard InChI is InChI=1S/C15H16BrClN2/c1-19(10-12-3-2-4-13(17)7-12)15-6-5-11(9-18)8-14(15)16/h2-8H,9-10,18H2,1H3. The lowest BCUT2D eigenvalue weighted by Gasteiger charge is -2.21. The van der Waals surface area contributed by atoms with Crippen LogP contribution in [0.25, 0.3) is 0 Å². The van der Waals surface area contributed by atoms with Crippen molar-refractivity contribution in [1.82, 2.24) is 0 Å². The van der Waals surface area contributed by atoms with Gasteiger partial charge in [-0.3, -0.25) is 0 Å². The Labute approximate surface area is 127 Å². The zero-order chi connectivity index (χ0) is 13.8. The van der Waals surface area contributed by atoms with Crippen molar-refractivity contribution in [2.45, 2.75) is 13.1 Å². The van der Waals surface area contributed by atoms with Crippen LogP contribution >= 0.6 is 27.5 Å². The van der Waals surface area contributed by atoms with Gasteiger partial charge >= 0.3 is 0 Å². The van der Waals surface area contributed by atoms with Crippen LogP contribution in [0.2, 0.25) is 5.02 Å². The van der Waals surface area contributed by atoms with E-state index < -0.39 is 0 Å². The molecule has 0 aliphatic heterocycles. The summed E-state index contributed by atoms with van der Waals surface area (Å²) in [5.41, 5.74) is 9.07. The van der Waals surface area contributed by atoms with E-state index in [2.05, 4.69) is 52.1 Å². The van der Waals surface area contributed by atoms with Crippen LogP contribution in [0.1, 0.15) is 11.1 Å². The molecular weight excluding hydrogens is 324 g/mol. The van der Waals surface area contributed by atoms with Gasteiger partial charge in [0.25, 0.3) is 0 Å². The van der Waals surface area contributed by atoms with Gasteiger partial charge in [-0.15, -0.1) is 0 Å². The van der Waals surface area contributed by atoms with Crippen molar-refractivity contribution >= 4 is 33.2 Å². The maximum atomic E-state index is 6.00. The summed E-state index contributed by atoms with van der Waals surface area (Å²) in [4.78, 5) is 2.18. The molecule has 0 saturated heterocycles. The maximum Gasteiger partial charge on any atom is 0.0511 e. The highest BCUT2D eigenvalue weighted by atomic mass is 79.9. The van der Waals surface area contributed by atoms with Crippen molar-refractivity contribution < 1.29 is 0 Å². The fraction of sp³-hybridized carbons (Fsp3) is 0.200. The third-order valence-electron chi connectivity index (χ3n) is 2.97. The van der Waals surface area contributed by atoms with E-state index in [9.17, 15) is 0 Å². The summed E-state index contributed by atoms with van der Waals surface area (Å²) < 4.78 is 1.06. The Kier molecular flexibility index (Phi) is 4.86. The first kappa shape index (κ1) is 14.4. The number of benzene rings is 2. The average molecular weight is 340 g/mol. The Morgan fingerprint density at radius 1 is 1.16 bits per heavy atom. The highest BCUT2D eigenvalue weighted by molar-refractivity contribution is 9.10. The molecule has 0 atom stereocenters. The minimum atomic E-state index is 0.552. The van der Waals surface area contributed by atoms with E-state index >= 15 is 0 Å². The largest absolute Gasteiger partial charge is 0.369 e. The van der Waals surface area contributed by atoms with Gasteiger partial charge in [-0.2, -0.15) is 0 Å². The second-order valence-electron chi connectivity index (χ2n) is 4.48. The molecule has 0 saturated carbocycles. The monoisotopic (exact) mass is 338 g/mol. The van der Waals surface area contributed by atoms with E-state index in [0.29, 0.717) is 6.54 Å². The molecule has 4 heteroatoms. The molecule has 0 amide bonds. The number of anilines is 1. The van der Waals surface area contributed by atoms with Crippen molar-refractivity contribution in [2.75, 3.05) is 11.9 Å². The Bertz CT molecular complexity index is 572. The Morgan fingerprint density at radius 3 is 2.58 bits per heavy atom. The van der Waals surface area contributed by atoms with Crippen LogP contribution in [0.15, 0.2) is 46.9 Å². The molecule has 0 spiro atoms. The summed E-state index contributed by atoms with van der Waals surface area (Å²) in [6, 6.07) is 14.1. The SMILES string of the molecule is CN(Cc1cccc(Cl)c1)c1ccc(CN)cc1Br. The number of hydrogen-bond acceptors (Lipinski definition) is 2. The first-order valence-electron chi connectivity index (χ1n) is 6.04. The number of halogens is 2. The third-order valence-corrected chi connectivity index (χ3v) is 3.84. The first-order chi connectivity index (χ1) is 9.10. The zero-order valence-electron chi connectivity index (χ0n) is 10.7. The van der Waals surface area contributed by atoms with Crippen LogP contribution in [0.4, 0.5) is 5.69 Å². The van der Waals surface area contributed by atoms with Gasteiger partial charge in [-0.1, -0.05) is 29.8 Å². The molecule has 0 radical (unpaired) electrons. The predicted molar refractivity (Wildman–Crippen MR) is 85.6 cm³/mol. The van der Waals surface area contributed by atoms with E-state index in [-0.39, 0.29) is 0 Å². The lowest BCUT2D eigenvalue weighted by molar-refractivity contribution is 0.918. The topological polar surface area (TPSA) is 29.3 Å². The molecule has 2 N–H and O–H groups in total. The lowest BCUT2D eigenvalue weighted by atomic mass is 10.1. The summed E-state index contributed by atoms with van der Waals surface area (Å²) in [5.74, 6) is 0. The van der Waals surface area contributed by atoms with Crippen LogP contribution in [0, 0.1) is 0 Å². The Balaban J connectivity index is 2.18. The van der Waals surface area contributed by atoms with Gasteiger partial charge in [-0.25, -0.2) is 0 Å². The molecule has 19 heavy (non-hydrogen) atoms. The molecule has 0 aliphatic rings. The summed E-state index contributed by atoms with van der Waals surface area (Å²) in [6.07, 6.45) is 0.